The van der Waals surface area contributed by atoms with Gasteiger partial charge < -0.3 is 9.47 Å². The third kappa shape index (κ3) is 7.46. The van der Waals surface area contributed by atoms with E-state index in [9.17, 15) is 13.2 Å². The lowest BCUT2D eigenvalue weighted by atomic mass is 9.89. The van der Waals surface area contributed by atoms with E-state index in [1.165, 1.54) is 12.0 Å². The summed E-state index contributed by atoms with van der Waals surface area (Å²) in [7, 11) is -3.30. The summed E-state index contributed by atoms with van der Waals surface area (Å²) in [6, 6.07) is 14.8. The smallest absolute Gasteiger partial charge is 0.309 e. The Morgan fingerprint density at radius 3 is 2.09 bits per heavy atom. The zero-order valence-electron chi connectivity index (χ0n) is 19.7. The van der Waals surface area contributed by atoms with Crippen LogP contribution < -0.4 is 9.46 Å². The highest BCUT2D eigenvalue weighted by atomic mass is 32.2. The van der Waals surface area contributed by atoms with Crippen molar-refractivity contribution in [3.8, 4) is 11.5 Å². The van der Waals surface area contributed by atoms with Crippen molar-refractivity contribution in [3.05, 3.63) is 54.1 Å². The molecule has 0 aromatic heterocycles. The Hall–Kier alpha value is -2.58. The molecule has 2 aromatic carbocycles. The van der Waals surface area contributed by atoms with E-state index in [1.54, 1.807) is 24.3 Å². The Labute approximate surface area is 202 Å². The standard InChI is InChI=1S/C26H34N2O5S/c1-34(30,31)27-22-9-13-24(14-10-22)32-23-11-7-20(8-12-23)19-28-17-15-25(16-18-28)33-26(29)21-5-3-2-4-6-21/h7-14,21,25,27H,2-6,15-19H2,1H3. The van der Waals surface area contributed by atoms with Crippen molar-refractivity contribution in [2.45, 2.75) is 57.6 Å². The number of nitrogens with one attached hydrogen (secondary N) is 1. The fourth-order valence-electron chi connectivity index (χ4n) is 4.65. The Morgan fingerprint density at radius 2 is 1.50 bits per heavy atom. The Morgan fingerprint density at radius 1 is 0.912 bits per heavy atom. The number of rotatable bonds is 8. The first-order valence-corrected chi connectivity index (χ1v) is 14.0. The number of benzene rings is 2. The van der Waals surface area contributed by atoms with E-state index >= 15 is 0 Å². The molecule has 8 heteroatoms. The van der Waals surface area contributed by atoms with E-state index in [2.05, 4.69) is 21.8 Å². The number of ether oxygens (including phenoxy) is 2. The molecule has 1 saturated carbocycles. The Bertz CT molecular complexity index is 1040. The molecular weight excluding hydrogens is 452 g/mol. The summed E-state index contributed by atoms with van der Waals surface area (Å²) < 4.78 is 36.7. The number of nitrogens with zero attached hydrogens (tertiary/aromatic N) is 1. The highest BCUT2D eigenvalue weighted by Gasteiger charge is 2.27. The van der Waals surface area contributed by atoms with E-state index in [0.717, 1.165) is 70.2 Å². The Kier molecular flexibility index (Phi) is 8.11. The minimum absolute atomic E-state index is 0.0232. The second-order valence-electron chi connectivity index (χ2n) is 9.39. The molecule has 0 bridgehead atoms. The predicted octanol–water partition coefficient (Wildman–Crippen LogP) is 4.94. The first kappa shape index (κ1) is 24.5. The topological polar surface area (TPSA) is 84.9 Å². The largest absolute Gasteiger partial charge is 0.462 e. The maximum Gasteiger partial charge on any atom is 0.309 e. The highest BCUT2D eigenvalue weighted by molar-refractivity contribution is 7.92. The van der Waals surface area contributed by atoms with E-state index in [0.29, 0.717) is 11.4 Å². The lowest BCUT2D eigenvalue weighted by molar-refractivity contribution is -0.157. The van der Waals surface area contributed by atoms with Crippen molar-refractivity contribution >= 4 is 21.7 Å². The van der Waals surface area contributed by atoms with Gasteiger partial charge in [0.25, 0.3) is 0 Å². The summed E-state index contributed by atoms with van der Waals surface area (Å²) in [5, 5.41) is 0. The van der Waals surface area contributed by atoms with Gasteiger partial charge in [-0.05, 0) is 67.6 Å². The van der Waals surface area contributed by atoms with Crippen LogP contribution in [0.25, 0.3) is 0 Å². The van der Waals surface area contributed by atoms with Crippen molar-refractivity contribution < 1.29 is 22.7 Å². The molecule has 1 aliphatic carbocycles. The number of hydrogen-bond acceptors (Lipinski definition) is 6. The SMILES string of the molecule is CS(=O)(=O)Nc1ccc(Oc2ccc(CN3CCC(OC(=O)C4CCCCC4)CC3)cc2)cc1. The molecule has 4 rings (SSSR count). The van der Waals surface area contributed by atoms with Gasteiger partial charge in [-0.2, -0.15) is 0 Å². The maximum absolute atomic E-state index is 12.4. The van der Waals surface area contributed by atoms with Crippen LogP contribution in [0.15, 0.2) is 48.5 Å². The first-order valence-electron chi connectivity index (χ1n) is 12.1. The highest BCUT2D eigenvalue weighted by Crippen LogP contribution is 2.27. The normalized spacial score (nSPS) is 18.4. The van der Waals surface area contributed by atoms with E-state index in [1.807, 2.05) is 12.1 Å². The monoisotopic (exact) mass is 486 g/mol. The second-order valence-corrected chi connectivity index (χ2v) is 11.1. The third-order valence-corrected chi connectivity index (χ3v) is 7.09. The van der Waals surface area contributed by atoms with Crippen LogP contribution in [0, 0.1) is 5.92 Å². The number of piperidine rings is 1. The van der Waals surface area contributed by atoms with Gasteiger partial charge in [-0.1, -0.05) is 31.4 Å². The number of hydrogen-bond donors (Lipinski definition) is 1. The summed E-state index contributed by atoms with van der Waals surface area (Å²) in [6.07, 6.45) is 8.48. The van der Waals surface area contributed by atoms with Crippen LogP contribution in [0.5, 0.6) is 11.5 Å². The van der Waals surface area contributed by atoms with Crippen molar-refractivity contribution in [2.75, 3.05) is 24.1 Å². The molecule has 1 heterocycles. The average molecular weight is 487 g/mol. The fraction of sp³-hybridized carbons (Fsp3) is 0.500. The van der Waals surface area contributed by atoms with E-state index < -0.39 is 10.0 Å². The van der Waals surface area contributed by atoms with Crippen LogP contribution in [0.1, 0.15) is 50.5 Å². The lowest BCUT2D eigenvalue weighted by Crippen LogP contribution is -2.38. The number of carbonyl (C=O) groups is 1. The molecule has 0 unspecified atom stereocenters. The van der Waals surface area contributed by atoms with Crippen LogP contribution >= 0.6 is 0 Å². The van der Waals surface area contributed by atoms with Crippen molar-refractivity contribution in [1.29, 1.82) is 0 Å². The summed E-state index contributed by atoms with van der Waals surface area (Å²) >= 11 is 0. The van der Waals surface area contributed by atoms with Crippen molar-refractivity contribution in [2.24, 2.45) is 5.92 Å². The fourth-order valence-corrected chi connectivity index (χ4v) is 5.21. The zero-order valence-corrected chi connectivity index (χ0v) is 20.6. The lowest BCUT2D eigenvalue weighted by Gasteiger charge is -2.32. The zero-order chi connectivity index (χ0) is 24.0. The third-order valence-electron chi connectivity index (χ3n) is 6.48. The summed E-state index contributed by atoms with van der Waals surface area (Å²) in [6.45, 7) is 2.71. The van der Waals surface area contributed by atoms with Gasteiger partial charge in [0.15, 0.2) is 0 Å². The molecule has 7 nitrogen and oxygen atoms in total. The van der Waals surface area contributed by atoms with Gasteiger partial charge in [-0.3, -0.25) is 14.4 Å². The number of esters is 1. The molecule has 34 heavy (non-hydrogen) atoms. The van der Waals surface area contributed by atoms with Crippen molar-refractivity contribution in [1.82, 2.24) is 4.90 Å². The molecule has 0 spiro atoms. The molecule has 0 atom stereocenters. The minimum Gasteiger partial charge on any atom is -0.462 e. The minimum atomic E-state index is -3.30. The van der Waals surface area contributed by atoms with Crippen LogP contribution in [-0.4, -0.2) is 44.7 Å². The number of carbonyl (C=O) groups excluding carboxylic acids is 1. The summed E-state index contributed by atoms with van der Waals surface area (Å²) in [5.41, 5.74) is 1.70. The molecular formula is C26H34N2O5S. The van der Waals surface area contributed by atoms with E-state index in [4.69, 9.17) is 9.47 Å². The molecule has 1 aliphatic heterocycles. The summed E-state index contributed by atoms with van der Waals surface area (Å²) in [4.78, 5) is 14.8. The molecule has 184 valence electrons. The van der Waals surface area contributed by atoms with Crippen LogP contribution in [0.3, 0.4) is 0 Å². The summed E-state index contributed by atoms with van der Waals surface area (Å²) in [5.74, 6) is 1.50. The van der Waals surface area contributed by atoms with Crippen LogP contribution in [-0.2, 0) is 26.1 Å². The van der Waals surface area contributed by atoms with Gasteiger partial charge in [0.1, 0.15) is 17.6 Å². The molecule has 2 fully saturated rings. The predicted molar refractivity (Wildman–Crippen MR) is 132 cm³/mol. The van der Waals surface area contributed by atoms with Gasteiger partial charge in [0.05, 0.1) is 12.2 Å². The van der Waals surface area contributed by atoms with Gasteiger partial charge in [-0.15, -0.1) is 0 Å². The first-order chi connectivity index (χ1) is 16.3. The molecule has 0 radical (unpaired) electrons. The molecule has 1 N–H and O–H groups in total. The van der Waals surface area contributed by atoms with Gasteiger partial charge in [-0.25, -0.2) is 8.42 Å². The number of anilines is 1. The van der Waals surface area contributed by atoms with Crippen molar-refractivity contribution in [3.63, 3.8) is 0 Å². The van der Waals surface area contributed by atoms with Gasteiger partial charge in [0.2, 0.25) is 10.0 Å². The second kappa shape index (κ2) is 11.2. The van der Waals surface area contributed by atoms with E-state index in [-0.39, 0.29) is 18.0 Å². The molecule has 2 aromatic rings. The quantitative estimate of drug-likeness (QED) is 0.532. The average Bonchev–Trinajstić information content (AvgIpc) is 2.82. The maximum atomic E-state index is 12.4. The van der Waals surface area contributed by atoms with Gasteiger partial charge in [0, 0.05) is 25.3 Å². The molecule has 0 amide bonds. The Balaban J connectivity index is 1.21. The van der Waals surface area contributed by atoms with Crippen LogP contribution in [0.2, 0.25) is 0 Å². The number of sulfonamides is 1. The van der Waals surface area contributed by atoms with Crippen LogP contribution in [0.4, 0.5) is 5.69 Å². The van der Waals surface area contributed by atoms with Gasteiger partial charge >= 0.3 is 5.97 Å². The molecule has 1 saturated heterocycles. The number of likely N-dealkylation sites (tertiary alicyclic amines) is 1. The molecule has 2 aliphatic rings.